The Hall–Kier alpha value is -3.32. The third-order valence-electron chi connectivity index (χ3n) is 5.17. The van der Waals surface area contributed by atoms with Gasteiger partial charge < -0.3 is 10.6 Å². The number of carbonyl (C=O) groups excluding carboxylic acids is 1. The maximum absolute atomic E-state index is 12.4. The topological polar surface area (TPSA) is 71.8 Å². The van der Waals surface area contributed by atoms with E-state index in [1.807, 2.05) is 71.9 Å². The maximum Gasteiger partial charge on any atom is 0.323 e. The van der Waals surface area contributed by atoms with E-state index < -0.39 is 0 Å². The van der Waals surface area contributed by atoms with Gasteiger partial charge >= 0.3 is 6.03 Å². The Kier molecular flexibility index (Phi) is 6.23. The Morgan fingerprint density at radius 3 is 2.52 bits per heavy atom. The van der Waals surface area contributed by atoms with Gasteiger partial charge in [-0.2, -0.15) is 5.10 Å². The van der Waals surface area contributed by atoms with Gasteiger partial charge in [0.25, 0.3) is 0 Å². The first kappa shape index (κ1) is 20.9. The quantitative estimate of drug-likeness (QED) is 0.365. The van der Waals surface area contributed by atoms with Crippen LogP contribution in [0.1, 0.15) is 19.4 Å². The van der Waals surface area contributed by atoms with Crippen molar-refractivity contribution in [2.45, 2.75) is 31.8 Å². The molecule has 0 fully saturated rings. The van der Waals surface area contributed by atoms with E-state index in [4.69, 9.17) is 5.10 Å². The van der Waals surface area contributed by atoms with Crippen molar-refractivity contribution in [1.82, 2.24) is 14.8 Å². The minimum atomic E-state index is -0.265. The van der Waals surface area contributed by atoms with Gasteiger partial charge in [0.05, 0.1) is 11.7 Å². The van der Waals surface area contributed by atoms with E-state index in [0.717, 1.165) is 51.4 Å². The number of aryl methyl sites for hydroxylation is 2. The number of amides is 2. The van der Waals surface area contributed by atoms with Crippen molar-refractivity contribution < 1.29 is 4.79 Å². The molecule has 6 nitrogen and oxygen atoms in total. The summed E-state index contributed by atoms with van der Waals surface area (Å²) in [6.07, 6.45) is 6.70. The molecule has 0 unspecified atom stereocenters. The Labute approximate surface area is 186 Å². The zero-order valence-electron chi connectivity index (χ0n) is 17.8. The zero-order valence-corrected chi connectivity index (χ0v) is 18.7. The number of fused-ring (bicyclic) bond motifs is 1. The molecule has 0 bridgehead atoms. The third kappa shape index (κ3) is 4.41. The maximum atomic E-state index is 12.4. The minimum Gasteiger partial charge on any atom is -0.308 e. The smallest absolute Gasteiger partial charge is 0.308 e. The molecule has 2 aromatic heterocycles. The van der Waals surface area contributed by atoms with Gasteiger partial charge in [0.2, 0.25) is 0 Å². The number of urea groups is 1. The van der Waals surface area contributed by atoms with Gasteiger partial charge in [0, 0.05) is 35.1 Å². The molecule has 0 saturated heterocycles. The second-order valence-electron chi connectivity index (χ2n) is 7.12. The van der Waals surface area contributed by atoms with Crippen LogP contribution in [0.3, 0.4) is 0 Å². The van der Waals surface area contributed by atoms with E-state index in [1.54, 1.807) is 11.8 Å². The summed E-state index contributed by atoms with van der Waals surface area (Å²) in [6, 6.07) is 15.4. The molecule has 7 heteroatoms. The number of hydrogen-bond donors (Lipinski definition) is 2. The highest BCUT2D eigenvalue weighted by Gasteiger charge is 2.15. The van der Waals surface area contributed by atoms with E-state index in [1.165, 1.54) is 5.56 Å². The van der Waals surface area contributed by atoms with E-state index in [-0.39, 0.29) is 6.03 Å². The van der Waals surface area contributed by atoms with E-state index >= 15 is 0 Å². The van der Waals surface area contributed by atoms with Crippen molar-refractivity contribution in [3.8, 4) is 11.1 Å². The van der Waals surface area contributed by atoms with Gasteiger partial charge in [0.15, 0.2) is 0 Å². The van der Waals surface area contributed by atoms with E-state index in [0.29, 0.717) is 0 Å². The largest absolute Gasteiger partial charge is 0.323 e. The molecule has 2 aromatic carbocycles. The summed E-state index contributed by atoms with van der Waals surface area (Å²) in [4.78, 5) is 16.8. The number of pyridine rings is 1. The average Bonchev–Trinajstić information content (AvgIpc) is 3.18. The predicted molar refractivity (Wildman–Crippen MR) is 129 cm³/mol. The van der Waals surface area contributed by atoms with Crippen molar-refractivity contribution in [1.29, 1.82) is 0 Å². The van der Waals surface area contributed by atoms with Crippen LogP contribution in [-0.2, 0) is 13.0 Å². The SMILES string of the molecule is CCc1cccc(NC(=O)Nc2ccc(-c3cncc4c3c(SC)nn4CC)cc2)c1. The number of rotatable bonds is 6. The molecule has 158 valence electrons. The Bertz CT molecular complexity index is 1220. The number of carbonyl (C=O) groups is 1. The predicted octanol–water partition coefficient (Wildman–Crippen LogP) is 6.05. The van der Waals surface area contributed by atoms with Crippen LogP contribution in [0.5, 0.6) is 0 Å². The molecular weight excluding hydrogens is 406 g/mol. The van der Waals surface area contributed by atoms with Crippen LogP contribution in [-0.4, -0.2) is 27.1 Å². The summed E-state index contributed by atoms with van der Waals surface area (Å²) in [5, 5.41) is 12.6. The highest BCUT2D eigenvalue weighted by Crippen LogP contribution is 2.34. The van der Waals surface area contributed by atoms with Gasteiger partial charge in [-0.1, -0.05) is 31.2 Å². The van der Waals surface area contributed by atoms with Crippen LogP contribution in [0.15, 0.2) is 66.0 Å². The first-order chi connectivity index (χ1) is 15.1. The molecule has 0 saturated carbocycles. The average molecular weight is 432 g/mol. The van der Waals surface area contributed by atoms with Crippen molar-refractivity contribution in [2.24, 2.45) is 0 Å². The number of thioether (sulfide) groups is 1. The van der Waals surface area contributed by atoms with Crippen molar-refractivity contribution in [2.75, 3.05) is 16.9 Å². The number of aromatic nitrogens is 3. The number of hydrogen-bond acceptors (Lipinski definition) is 4. The molecule has 0 spiro atoms. The van der Waals surface area contributed by atoms with Gasteiger partial charge in [-0.15, -0.1) is 11.8 Å². The summed E-state index contributed by atoms with van der Waals surface area (Å²) in [5.41, 5.74) is 5.78. The van der Waals surface area contributed by atoms with Crippen LogP contribution in [0.2, 0.25) is 0 Å². The number of nitrogens with one attached hydrogen (secondary N) is 2. The number of nitrogens with zero attached hydrogens (tertiary/aromatic N) is 3. The zero-order chi connectivity index (χ0) is 21.8. The number of benzene rings is 2. The molecule has 4 rings (SSSR count). The first-order valence-corrected chi connectivity index (χ1v) is 11.5. The highest BCUT2D eigenvalue weighted by atomic mass is 32.2. The van der Waals surface area contributed by atoms with Gasteiger partial charge in [-0.05, 0) is 55.0 Å². The molecule has 0 aliphatic carbocycles. The monoisotopic (exact) mass is 431 g/mol. The molecular formula is C24H25N5OS. The highest BCUT2D eigenvalue weighted by molar-refractivity contribution is 7.98. The molecule has 2 amide bonds. The third-order valence-corrected chi connectivity index (χ3v) is 5.84. The Balaban J connectivity index is 1.55. The fourth-order valence-corrected chi connectivity index (χ4v) is 4.18. The van der Waals surface area contributed by atoms with Crippen molar-refractivity contribution in [3.05, 3.63) is 66.5 Å². The van der Waals surface area contributed by atoms with Crippen molar-refractivity contribution in [3.63, 3.8) is 0 Å². The Morgan fingerprint density at radius 2 is 1.81 bits per heavy atom. The lowest BCUT2D eigenvalue weighted by Gasteiger charge is -2.10. The van der Waals surface area contributed by atoms with E-state index in [2.05, 4.69) is 29.5 Å². The fraction of sp³-hybridized carbons (Fsp3) is 0.208. The molecule has 2 heterocycles. The molecule has 0 aliphatic heterocycles. The lowest BCUT2D eigenvalue weighted by atomic mass is 10.0. The minimum absolute atomic E-state index is 0.265. The fourth-order valence-electron chi connectivity index (χ4n) is 3.58. The molecule has 0 radical (unpaired) electrons. The lowest BCUT2D eigenvalue weighted by Crippen LogP contribution is -2.19. The van der Waals surface area contributed by atoms with Crippen LogP contribution in [0.25, 0.3) is 22.0 Å². The Morgan fingerprint density at radius 1 is 1.03 bits per heavy atom. The van der Waals surface area contributed by atoms with Crippen LogP contribution >= 0.6 is 11.8 Å². The molecule has 0 atom stereocenters. The summed E-state index contributed by atoms with van der Waals surface area (Å²) in [6.45, 7) is 4.96. The molecule has 4 aromatic rings. The van der Waals surface area contributed by atoms with Crippen molar-refractivity contribution >= 4 is 40.1 Å². The van der Waals surface area contributed by atoms with Gasteiger partial charge in [-0.25, -0.2) is 4.79 Å². The molecule has 2 N–H and O–H groups in total. The lowest BCUT2D eigenvalue weighted by molar-refractivity contribution is 0.262. The second-order valence-corrected chi connectivity index (χ2v) is 7.91. The summed E-state index contributed by atoms with van der Waals surface area (Å²) < 4.78 is 1.98. The number of anilines is 2. The van der Waals surface area contributed by atoms with Crippen LogP contribution < -0.4 is 10.6 Å². The summed E-state index contributed by atoms with van der Waals surface area (Å²) >= 11 is 1.63. The molecule has 31 heavy (non-hydrogen) atoms. The van der Waals surface area contributed by atoms with E-state index in [9.17, 15) is 4.79 Å². The van der Waals surface area contributed by atoms with Crippen LogP contribution in [0, 0.1) is 0 Å². The summed E-state index contributed by atoms with van der Waals surface area (Å²) in [5.74, 6) is 0. The van der Waals surface area contributed by atoms with Crippen LogP contribution in [0.4, 0.5) is 16.2 Å². The molecule has 0 aliphatic rings. The normalized spacial score (nSPS) is 10.9. The van der Waals surface area contributed by atoms with Gasteiger partial charge in [0.1, 0.15) is 5.03 Å². The first-order valence-electron chi connectivity index (χ1n) is 10.3. The summed E-state index contributed by atoms with van der Waals surface area (Å²) in [7, 11) is 0. The second kappa shape index (κ2) is 9.22. The van der Waals surface area contributed by atoms with Gasteiger partial charge in [-0.3, -0.25) is 9.67 Å². The standard InChI is InChI=1S/C24H25N5OS/c1-4-16-7-6-8-19(13-16)27-24(30)26-18-11-9-17(10-12-18)20-14-25-15-21-22(20)23(31-3)28-29(21)5-2/h6-15H,4-5H2,1-3H3,(H2,26,27,30).